The average molecular weight is 791 g/mol. The molecule has 0 atom stereocenters. The molecule has 0 N–H and O–H groups in total. The van der Waals surface area contributed by atoms with E-state index in [4.69, 9.17) is 28.4 Å². The first-order valence-corrected chi connectivity index (χ1v) is 19.9. The molecule has 2 heterocycles. The van der Waals surface area contributed by atoms with Crippen molar-refractivity contribution in [2.45, 2.75) is 55.5 Å². The molecular weight excluding hydrogens is 745 g/mol. The largest absolute Gasteiger partial charge is 0.483 e. The molecule has 0 unspecified atom stereocenters. The van der Waals surface area contributed by atoms with Gasteiger partial charge >= 0.3 is 0 Å². The van der Waals surface area contributed by atoms with Crippen molar-refractivity contribution in [3.05, 3.63) is 106 Å². The van der Waals surface area contributed by atoms with Crippen molar-refractivity contribution in [3.63, 3.8) is 0 Å². The molecule has 16 nitrogen and oxygen atoms in total. The minimum atomic E-state index is -3.72. The molecular formula is C36H46N4O12S2. The van der Waals surface area contributed by atoms with Gasteiger partial charge in [-0.25, -0.2) is 31.8 Å². The van der Waals surface area contributed by atoms with E-state index >= 15 is 0 Å². The standard InChI is InChI=1S/C16H18N2O4S.C13H12N2O5S.C7H16O3/c1-3-22-12-17-14-9-10-16(21-2)18-15(14)11-23(19,20)13-7-5-4-6-8-13;1-20-13-8-7-12(15(16)17)11(14-13)9-21(18,19)10-5-3-2-4-6-10;1-4-8-7(9-5-2)10-6-3/h4-10,12H,3,11H2,1-2H3;2-8H,9H2,1H3;7H,4-6H2,1-3H3. The van der Waals surface area contributed by atoms with Crippen molar-refractivity contribution < 1.29 is 50.2 Å². The molecule has 0 aliphatic rings. The molecule has 0 saturated heterocycles. The molecule has 0 spiro atoms. The van der Waals surface area contributed by atoms with Crippen LogP contribution in [0.25, 0.3) is 0 Å². The molecule has 54 heavy (non-hydrogen) atoms. The number of nitro groups is 1. The molecule has 0 fully saturated rings. The quantitative estimate of drug-likeness (QED) is 0.0367. The van der Waals surface area contributed by atoms with Crippen LogP contribution in [0, 0.1) is 10.1 Å². The average Bonchev–Trinajstić information content (AvgIpc) is 3.16. The van der Waals surface area contributed by atoms with Gasteiger partial charge in [-0.15, -0.1) is 0 Å². The van der Waals surface area contributed by atoms with Crippen molar-refractivity contribution in [2.75, 3.05) is 40.6 Å². The predicted molar refractivity (Wildman–Crippen MR) is 201 cm³/mol. The third-order valence-corrected chi connectivity index (χ3v) is 9.95. The first kappa shape index (κ1) is 45.1. The fourth-order valence-corrected chi connectivity index (χ4v) is 6.80. The van der Waals surface area contributed by atoms with E-state index in [9.17, 15) is 26.9 Å². The van der Waals surface area contributed by atoms with Gasteiger partial charge in [-0.2, -0.15) is 0 Å². The minimum Gasteiger partial charge on any atom is -0.483 e. The van der Waals surface area contributed by atoms with Crippen LogP contribution in [0.5, 0.6) is 11.8 Å². The second-order valence-electron chi connectivity index (χ2n) is 10.4. The maximum Gasteiger partial charge on any atom is 0.292 e. The number of aromatic nitrogens is 2. The maximum absolute atomic E-state index is 12.5. The molecule has 2 aromatic carbocycles. The first-order chi connectivity index (χ1) is 25.8. The van der Waals surface area contributed by atoms with Gasteiger partial charge in [0.25, 0.3) is 12.2 Å². The van der Waals surface area contributed by atoms with Gasteiger partial charge in [0, 0.05) is 38.0 Å². The Labute approximate surface area is 316 Å². The second kappa shape index (κ2) is 23.6. The van der Waals surface area contributed by atoms with Crippen LogP contribution in [0.15, 0.2) is 99.7 Å². The number of rotatable bonds is 18. The lowest BCUT2D eigenvalue weighted by Gasteiger charge is -2.15. The number of aliphatic imine (C=N–C) groups is 1. The maximum atomic E-state index is 12.5. The van der Waals surface area contributed by atoms with Gasteiger partial charge in [0.15, 0.2) is 26.1 Å². The monoisotopic (exact) mass is 790 g/mol. The van der Waals surface area contributed by atoms with Crippen LogP contribution in [-0.4, -0.2) is 85.3 Å². The lowest BCUT2D eigenvalue weighted by Crippen LogP contribution is -2.20. The molecule has 0 radical (unpaired) electrons. The highest BCUT2D eigenvalue weighted by Crippen LogP contribution is 2.26. The fraction of sp³-hybridized carbons (Fsp3) is 0.361. The van der Waals surface area contributed by atoms with Gasteiger partial charge in [0.05, 0.1) is 52.7 Å². The topological polar surface area (TPSA) is 205 Å². The van der Waals surface area contributed by atoms with E-state index in [1.54, 1.807) is 60.7 Å². The minimum absolute atomic E-state index is 0.0870. The second-order valence-corrected chi connectivity index (χ2v) is 14.4. The molecule has 0 aliphatic heterocycles. The summed E-state index contributed by atoms with van der Waals surface area (Å²) in [5.41, 5.74) is 0.237. The summed E-state index contributed by atoms with van der Waals surface area (Å²) in [5.74, 6) is -0.380. The highest BCUT2D eigenvalue weighted by atomic mass is 32.2. The molecule has 2 aromatic heterocycles. The molecule has 0 saturated carbocycles. The van der Waals surface area contributed by atoms with E-state index < -0.39 is 36.8 Å². The van der Waals surface area contributed by atoms with E-state index in [0.717, 1.165) is 0 Å². The van der Waals surface area contributed by atoms with E-state index in [2.05, 4.69) is 15.0 Å². The van der Waals surface area contributed by atoms with Crippen molar-refractivity contribution in [2.24, 2.45) is 4.99 Å². The van der Waals surface area contributed by atoms with Crippen LogP contribution in [0.2, 0.25) is 0 Å². The molecule has 18 heteroatoms. The van der Waals surface area contributed by atoms with Gasteiger partial charge in [-0.1, -0.05) is 36.4 Å². The number of nitrogens with zero attached hydrogens (tertiary/aromatic N) is 4. The lowest BCUT2D eigenvalue weighted by atomic mass is 10.3. The number of ether oxygens (including phenoxy) is 6. The molecule has 0 aliphatic carbocycles. The third kappa shape index (κ3) is 15.2. The van der Waals surface area contributed by atoms with Crippen LogP contribution in [-0.2, 0) is 50.1 Å². The van der Waals surface area contributed by atoms with Gasteiger partial charge < -0.3 is 28.4 Å². The summed E-state index contributed by atoms with van der Waals surface area (Å²) in [4.78, 5) is 22.8. The Bertz CT molecular complexity index is 1950. The Hall–Kier alpha value is -5.01. The zero-order valence-electron chi connectivity index (χ0n) is 31.0. The summed E-state index contributed by atoms with van der Waals surface area (Å²) >= 11 is 0. The van der Waals surface area contributed by atoms with Crippen LogP contribution in [0.1, 0.15) is 39.1 Å². The van der Waals surface area contributed by atoms with Gasteiger partial charge in [0.2, 0.25) is 11.8 Å². The number of hydrogen-bond donors (Lipinski definition) is 0. The summed E-state index contributed by atoms with van der Waals surface area (Å²) < 4.78 is 79.8. The van der Waals surface area contributed by atoms with Crippen LogP contribution in [0.4, 0.5) is 11.4 Å². The normalized spacial score (nSPS) is 11.2. The SMILES string of the molecule is CCOC(OCC)OCC.CCOC=Nc1ccc(OC)nc1CS(=O)(=O)c1ccccc1.COc1ccc([N+](=O)[O-])c(CS(=O)(=O)c2ccccc2)n1. The van der Waals surface area contributed by atoms with Gasteiger partial charge in [0.1, 0.15) is 11.4 Å². The van der Waals surface area contributed by atoms with Crippen LogP contribution in [0.3, 0.4) is 0 Å². The summed E-state index contributed by atoms with van der Waals surface area (Å²) in [6, 6.07) is 21.7. The number of sulfone groups is 2. The van der Waals surface area contributed by atoms with Crippen molar-refractivity contribution in [1.29, 1.82) is 0 Å². The Morgan fingerprint density at radius 1 is 0.667 bits per heavy atom. The Balaban J connectivity index is 0.000000302. The molecule has 0 amide bonds. The molecule has 4 rings (SSSR count). The number of benzene rings is 2. The highest BCUT2D eigenvalue weighted by molar-refractivity contribution is 7.91. The van der Waals surface area contributed by atoms with E-state index in [1.807, 2.05) is 27.7 Å². The highest BCUT2D eigenvalue weighted by Gasteiger charge is 2.24. The van der Waals surface area contributed by atoms with Crippen LogP contribution >= 0.6 is 0 Å². The van der Waals surface area contributed by atoms with Crippen molar-refractivity contribution >= 4 is 37.4 Å². The number of methoxy groups -OCH3 is 2. The van der Waals surface area contributed by atoms with Crippen molar-refractivity contribution in [3.8, 4) is 11.8 Å². The summed E-state index contributed by atoms with van der Waals surface area (Å²) in [6.07, 6.45) is 1.28. The number of hydrogen-bond acceptors (Lipinski definition) is 15. The summed E-state index contributed by atoms with van der Waals surface area (Å²) in [7, 11) is -4.42. The predicted octanol–water partition coefficient (Wildman–Crippen LogP) is 6.11. The Morgan fingerprint density at radius 2 is 1.11 bits per heavy atom. The van der Waals surface area contributed by atoms with Crippen LogP contribution < -0.4 is 9.47 Å². The smallest absolute Gasteiger partial charge is 0.292 e. The zero-order chi connectivity index (χ0) is 40.0. The van der Waals surface area contributed by atoms with Gasteiger partial charge in [-0.05, 0) is 58.0 Å². The Kier molecular flexibility index (Phi) is 19.7. The summed E-state index contributed by atoms with van der Waals surface area (Å²) in [6.45, 7) is 9.41. The fourth-order valence-electron chi connectivity index (χ4n) is 4.18. The van der Waals surface area contributed by atoms with E-state index in [0.29, 0.717) is 43.7 Å². The third-order valence-electron chi connectivity index (χ3n) is 6.66. The van der Waals surface area contributed by atoms with Gasteiger partial charge in [-0.3, -0.25) is 10.1 Å². The molecule has 0 bridgehead atoms. The number of pyridine rings is 2. The van der Waals surface area contributed by atoms with E-state index in [1.165, 1.54) is 44.9 Å². The first-order valence-electron chi connectivity index (χ1n) is 16.6. The van der Waals surface area contributed by atoms with E-state index in [-0.39, 0.29) is 32.8 Å². The zero-order valence-corrected chi connectivity index (χ0v) is 32.6. The summed E-state index contributed by atoms with van der Waals surface area (Å²) in [5, 5.41) is 11.0. The molecule has 4 aromatic rings. The Morgan fingerprint density at radius 3 is 1.54 bits per heavy atom. The molecule has 294 valence electrons. The lowest BCUT2D eigenvalue weighted by molar-refractivity contribution is -0.385. The van der Waals surface area contributed by atoms with Crippen molar-refractivity contribution in [1.82, 2.24) is 9.97 Å².